The Kier molecular flexibility index (Phi) is 7.20. The summed E-state index contributed by atoms with van der Waals surface area (Å²) < 4.78 is 13.0. The zero-order chi connectivity index (χ0) is 27.3. The topological polar surface area (TPSA) is 55.8 Å². The Morgan fingerprint density at radius 2 is 1.81 bits per heavy atom. The van der Waals surface area contributed by atoms with Gasteiger partial charge in [0.1, 0.15) is 28.8 Å². The molecule has 4 atom stereocenters. The highest BCUT2D eigenvalue weighted by atomic mass is 16.5. The van der Waals surface area contributed by atoms with E-state index in [-0.39, 0.29) is 22.7 Å². The number of carbonyl (C=O) groups is 1. The molecule has 4 nitrogen and oxygen atoms in total. The second-order valence-electron chi connectivity index (χ2n) is 13.3. The SMILES string of the molecule is CC(C)=CC=CC1(C)CCc2c(O)c(C(=O)OC3C4(C)CCC(C4)C3(C)C)c(C)c(CC=C(C)C)c2O1. The molecule has 2 bridgehead atoms. The molecule has 0 radical (unpaired) electrons. The summed E-state index contributed by atoms with van der Waals surface area (Å²) in [6.07, 6.45) is 13.6. The van der Waals surface area contributed by atoms with Crippen LogP contribution >= 0.6 is 0 Å². The molecule has 1 aliphatic heterocycles. The molecule has 1 aromatic rings. The lowest BCUT2D eigenvalue weighted by atomic mass is 9.70. The van der Waals surface area contributed by atoms with Crippen LogP contribution in [-0.2, 0) is 17.6 Å². The maximum absolute atomic E-state index is 13.8. The number of carbonyl (C=O) groups excluding carboxylic acids is 1. The monoisotopic (exact) mass is 506 g/mol. The van der Waals surface area contributed by atoms with E-state index in [1.54, 1.807) is 0 Å². The van der Waals surface area contributed by atoms with Crippen molar-refractivity contribution < 1.29 is 19.4 Å². The first kappa shape index (κ1) is 27.5. The molecule has 1 N–H and O–H groups in total. The normalized spacial score (nSPS) is 29.5. The Balaban J connectivity index is 1.75. The number of ether oxygens (including phenoxy) is 2. The van der Waals surface area contributed by atoms with Crippen molar-refractivity contribution in [3.63, 3.8) is 0 Å². The van der Waals surface area contributed by atoms with Crippen molar-refractivity contribution in [1.82, 2.24) is 0 Å². The summed E-state index contributed by atoms with van der Waals surface area (Å²) in [5.41, 5.74) is 4.63. The van der Waals surface area contributed by atoms with Gasteiger partial charge in [-0.15, -0.1) is 0 Å². The second kappa shape index (κ2) is 9.67. The molecule has 2 fully saturated rings. The summed E-state index contributed by atoms with van der Waals surface area (Å²) in [5, 5.41) is 11.5. The summed E-state index contributed by atoms with van der Waals surface area (Å²) in [7, 11) is 0. The van der Waals surface area contributed by atoms with Crippen molar-refractivity contribution in [3.8, 4) is 11.5 Å². The Hall–Kier alpha value is -2.49. The standard InChI is InChI=1S/C33H46O4/c1-20(2)11-10-16-33(9)18-15-25-27(34)26(22(5)24(28(25)37-33)13-12-21(3)4)29(35)36-30-31(6,7)23-14-17-32(30,8)19-23/h10-12,16,23,30,34H,13-15,17-19H2,1-9H3. The van der Waals surface area contributed by atoms with Crippen LogP contribution in [0.15, 0.2) is 35.5 Å². The van der Waals surface area contributed by atoms with Crippen LogP contribution in [0.5, 0.6) is 11.5 Å². The van der Waals surface area contributed by atoms with Crippen molar-refractivity contribution in [2.24, 2.45) is 16.7 Å². The molecule has 2 aliphatic carbocycles. The van der Waals surface area contributed by atoms with Crippen LogP contribution in [0.3, 0.4) is 0 Å². The molecule has 1 aromatic carbocycles. The van der Waals surface area contributed by atoms with Gasteiger partial charge in [0.05, 0.1) is 0 Å². The van der Waals surface area contributed by atoms with Crippen LogP contribution < -0.4 is 4.74 Å². The first-order chi connectivity index (χ1) is 17.2. The highest BCUT2D eigenvalue weighted by molar-refractivity contribution is 5.96. The van der Waals surface area contributed by atoms with Crippen LogP contribution in [0.2, 0.25) is 0 Å². The van der Waals surface area contributed by atoms with Gasteiger partial charge in [-0.05, 0) is 97.6 Å². The van der Waals surface area contributed by atoms with Crippen LogP contribution in [0.25, 0.3) is 0 Å². The number of aromatic hydroxyl groups is 1. The van der Waals surface area contributed by atoms with E-state index in [1.807, 2.05) is 13.0 Å². The zero-order valence-electron chi connectivity index (χ0n) is 24.4. The fraction of sp³-hybridized carbons (Fsp3) is 0.606. The van der Waals surface area contributed by atoms with E-state index >= 15 is 0 Å². The number of fused-ring (bicyclic) bond motifs is 3. The van der Waals surface area contributed by atoms with E-state index in [4.69, 9.17) is 9.47 Å². The molecule has 4 rings (SSSR count). The third-order valence-electron chi connectivity index (χ3n) is 9.26. The highest BCUT2D eigenvalue weighted by Gasteiger charge is 2.61. The molecular weight excluding hydrogens is 460 g/mol. The van der Waals surface area contributed by atoms with E-state index in [1.165, 1.54) is 17.6 Å². The minimum Gasteiger partial charge on any atom is -0.507 e. The lowest BCUT2D eigenvalue weighted by Crippen LogP contribution is -2.43. The summed E-state index contributed by atoms with van der Waals surface area (Å²) in [6.45, 7) is 19.0. The van der Waals surface area contributed by atoms with Crippen LogP contribution in [0.1, 0.15) is 108 Å². The van der Waals surface area contributed by atoms with E-state index in [0.717, 1.165) is 36.0 Å². The molecule has 0 spiro atoms. The fourth-order valence-corrected chi connectivity index (χ4v) is 7.03. The molecule has 4 unspecified atom stereocenters. The lowest BCUT2D eigenvalue weighted by Gasteiger charge is -2.42. The van der Waals surface area contributed by atoms with Crippen molar-refractivity contribution in [2.45, 2.75) is 113 Å². The molecule has 4 heteroatoms. The summed E-state index contributed by atoms with van der Waals surface area (Å²) >= 11 is 0. The number of hydrogen-bond acceptors (Lipinski definition) is 4. The Morgan fingerprint density at radius 1 is 1.11 bits per heavy atom. The van der Waals surface area contributed by atoms with Gasteiger partial charge in [0.15, 0.2) is 0 Å². The number of rotatable bonds is 6. The Morgan fingerprint density at radius 3 is 2.41 bits per heavy atom. The van der Waals surface area contributed by atoms with Crippen molar-refractivity contribution in [2.75, 3.05) is 0 Å². The van der Waals surface area contributed by atoms with Crippen LogP contribution in [0.4, 0.5) is 0 Å². The first-order valence-electron chi connectivity index (χ1n) is 13.9. The van der Waals surface area contributed by atoms with E-state index in [9.17, 15) is 9.90 Å². The van der Waals surface area contributed by atoms with Gasteiger partial charge in [0.2, 0.25) is 0 Å². The lowest BCUT2D eigenvalue weighted by molar-refractivity contribution is -0.0586. The summed E-state index contributed by atoms with van der Waals surface area (Å²) in [5.74, 6) is 0.916. The quantitative estimate of drug-likeness (QED) is 0.240. The van der Waals surface area contributed by atoms with Gasteiger partial charge >= 0.3 is 5.97 Å². The highest BCUT2D eigenvalue weighted by Crippen LogP contribution is 2.63. The molecular formula is C33H46O4. The predicted molar refractivity (Wildman–Crippen MR) is 150 cm³/mol. The van der Waals surface area contributed by atoms with Gasteiger partial charge in [0, 0.05) is 22.0 Å². The predicted octanol–water partition coefficient (Wildman–Crippen LogP) is 8.19. The third-order valence-corrected chi connectivity index (χ3v) is 9.26. The maximum Gasteiger partial charge on any atom is 0.342 e. The number of phenolic OH excluding ortho intramolecular Hbond substituents is 1. The third kappa shape index (κ3) is 5.01. The maximum atomic E-state index is 13.8. The fourth-order valence-electron chi connectivity index (χ4n) is 7.03. The zero-order valence-corrected chi connectivity index (χ0v) is 24.4. The molecule has 0 amide bonds. The van der Waals surface area contributed by atoms with E-state index in [0.29, 0.717) is 30.1 Å². The molecule has 1 heterocycles. The molecule has 3 aliphatic rings. The van der Waals surface area contributed by atoms with Gasteiger partial charge in [-0.2, -0.15) is 0 Å². The summed E-state index contributed by atoms with van der Waals surface area (Å²) in [6, 6.07) is 0. The van der Waals surface area contributed by atoms with Gasteiger partial charge in [-0.1, -0.05) is 50.1 Å². The second-order valence-corrected chi connectivity index (χ2v) is 13.3. The van der Waals surface area contributed by atoms with Gasteiger partial charge in [0.25, 0.3) is 0 Å². The average Bonchev–Trinajstić information content (AvgIpc) is 3.27. The van der Waals surface area contributed by atoms with Crippen molar-refractivity contribution >= 4 is 5.97 Å². The first-order valence-corrected chi connectivity index (χ1v) is 13.9. The van der Waals surface area contributed by atoms with E-state index in [2.05, 4.69) is 73.6 Å². The average molecular weight is 507 g/mol. The van der Waals surface area contributed by atoms with Crippen molar-refractivity contribution in [3.05, 3.63) is 57.7 Å². The van der Waals surface area contributed by atoms with Crippen LogP contribution in [-0.4, -0.2) is 22.8 Å². The molecule has 2 saturated carbocycles. The number of phenols is 1. The minimum atomic E-state index is -0.485. The van der Waals surface area contributed by atoms with Crippen LogP contribution in [0, 0.1) is 23.7 Å². The smallest absolute Gasteiger partial charge is 0.342 e. The number of esters is 1. The van der Waals surface area contributed by atoms with E-state index < -0.39 is 11.6 Å². The molecule has 202 valence electrons. The number of benzene rings is 1. The molecule has 0 aromatic heterocycles. The number of allylic oxidation sites excluding steroid dienone is 5. The van der Waals surface area contributed by atoms with Gasteiger partial charge < -0.3 is 14.6 Å². The molecule has 37 heavy (non-hydrogen) atoms. The Labute approximate surface area is 223 Å². The molecule has 0 saturated heterocycles. The Bertz CT molecular complexity index is 1170. The van der Waals surface area contributed by atoms with Crippen molar-refractivity contribution in [1.29, 1.82) is 0 Å². The van der Waals surface area contributed by atoms with Gasteiger partial charge in [-0.3, -0.25) is 0 Å². The minimum absolute atomic E-state index is 0.00893. The van der Waals surface area contributed by atoms with Gasteiger partial charge in [-0.25, -0.2) is 4.79 Å². The summed E-state index contributed by atoms with van der Waals surface area (Å²) in [4.78, 5) is 13.8. The largest absolute Gasteiger partial charge is 0.507 e. The number of hydrogen-bond donors (Lipinski definition) is 1.